The summed E-state index contributed by atoms with van der Waals surface area (Å²) in [5.41, 5.74) is 5.91. The number of hydrogen-bond donors (Lipinski definition) is 3. The molecule has 0 bridgehead atoms. The van der Waals surface area contributed by atoms with E-state index in [1.807, 2.05) is 0 Å². The van der Waals surface area contributed by atoms with Crippen LogP contribution in [-0.2, 0) is 4.74 Å². The number of carbonyl (C=O) groups is 1. The van der Waals surface area contributed by atoms with Crippen LogP contribution in [-0.4, -0.2) is 22.7 Å². The summed E-state index contributed by atoms with van der Waals surface area (Å²) in [4.78, 5) is 11.3. The molecule has 5 nitrogen and oxygen atoms in total. The zero-order chi connectivity index (χ0) is 10.3. The second kappa shape index (κ2) is 2.88. The molecule has 1 aromatic carbocycles. The van der Waals surface area contributed by atoms with Crippen molar-refractivity contribution in [1.29, 1.82) is 0 Å². The molecule has 4 N–H and O–H groups in total. The average molecular weight is 195 g/mol. The minimum absolute atomic E-state index is 0.0143. The maximum absolute atomic E-state index is 11.3. The summed E-state index contributed by atoms with van der Waals surface area (Å²) < 4.78 is 4.88. The van der Waals surface area contributed by atoms with Crippen molar-refractivity contribution in [2.45, 2.75) is 6.10 Å². The van der Waals surface area contributed by atoms with E-state index in [1.54, 1.807) is 0 Å². The van der Waals surface area contributed by atoms with Crippen molar-refractivity contribution in [3.8, 4) is 11.5 Å². The lowest BCUT2D eigenvalue weighted by atomic mass is 10.0. The van der Waals surface area contributed by atoms with Gasteiger partial charge in [-0.15, -0.1) is 0 Å². The molecule has 14 heavy (non-hydrogen) atoms. The second-order valence-corrected chi connectivity index (χ2v) is 3.03. The summed E-state index contributed by atoms with van der Waals surface area (Å²) in [6, 6.07) is 2.82. The molecule has 1 aliphatic heterocycles. The first-order chi connectivity index (χ1) is 6.65. The number of fused-ring (bicyclic) bond motifs is 1. The Labute approximate surface area is 79.7 Å². The summed E-state index contributed by atoms with van der Waals surface area (Å²) in [6.45, 7) is 0.156. The Kier molecular flexibility index (Phi) is 1.82. The van der Waals surface area contributed by atoms with Crippen molar-refractivity contribution in [1.82, 2.24) is 0 Å². The van der Waals surface area contributed by atoms with Gasteiger partial charge < -0.3 is 20.7 Å². The SMILES string of the molecule is NCC1OC(=O)c2c1ccc(O)c2O. The number of rotatable bonds is 1. The molecule has 2 rings (SSSR count). The third-order valence-electron chi connectivity index (χ3n) is 2.20. The van der Waals surface area contributed by atoms with E-state index in [9.17, 15) is 15.0 Å². The first kappa shape index (κ1) is 8.83. The minimum Gasteiger partial charge on any atom is -0.504 e. The Balaban J connectivity index is 2.62. The summed E-state index contributed by atoms with van der Waals surface area (Å²) in [5.74, 6) is -1.43. The van der Waals surface area contributed by atoms with Crippen LogP contribution in [0.1, 0.15) is 22.0 Å². The van der Waals surface area contributed by atoms with Gasteiger partial charge in [0.25, 0.3) is 0 Å². The smallest absolute Gasteiger partial charge is 0.343 e. The van der Waals surface area contributed by atoms with Crippen molar-refractivity contribution in [3.63, 3.8) is 0 Å². The van der Waals surface area contributed by atoms with Gasteiger partial charge in [-0.2, -0.15) is 0 Å². The lowest BCUT2D eigenvalue weighted by Gasteiger charge is -2.06. The highest BCUT2D eigenvalue weighted by Crippen LogP contribution is 2.39. The maximum atomic E-state index is 11.3. The van der Waals surface area contributed by atoms with Crippen molar-refractivity contribution in [2.24, 2.45) is 5.73 Å². The zero-order valence-corrected chi connectivity index (χ0v) is 7.23. The number of aromatic hydroxyl groups is 2. The third kappa shape index (κ3) is 1.03. The highest BCUT2D eigenvalue weighted by atomic mass is 16.5. The molecule has 0 aliphatic carbocycles. The number of cyclic esters (lactones) is 1. The quantitative estimate of drug-likeness (QED) is 0.441. The van der Waals surface area contributed by atoms with Crippen LogP contribution in [0.3, 0.4) is 0 Å². The van der Waals surface area contributed by atoms with Gasteiger partial charge in [0.2, 0.25) is 0 Å². The molecule has 5 heteroatoms. The van der Waals surface area contributed by atoms with Gasteiger partial charge in [-0.05, 0) is 6.07 Å². The first-order valence-electron chi connectivity index (χ1n) is 4.11. The number of phenolic OH excluding ortho intramolecular Hbond substituents is 2. The van der Waals surface area contributed by atoms with Crippen LogP contribution in [0, 0.1) is 0 Å². The molecule has 0 saturated heterocycles. The largest absolute Gasteiger partial charge is 0.504 e. The van der Waals surface area contributed by atoms with E-state index in [4.69, 9.17) is 10.5 Å². The number of benzene rings is 1. The molecular weight excluding hydrogens is 186 g/mol. The van der Waals surface area contributed by atoms with E-state index >= 15 is 0 Å². The summed E-state index contributed by atoms with van der Waals surface area (Å²) in [6.07, 6.45) is -0.524. The predicted molar refractivity (Wildman–Crippen MR) is 47.0 cm³/mol. The van der Waals surface area contributed by atoms with Gasteiger partial charge in [0.15, 0.2) is 11.5 Å². The van der Waals surface area contributed by atoms with Gasteiger partial charge in [0, 0.05) is 12.1 Å². The number of hydrogen-bond acceptors (Lipinski definition) is 5. The molecule has 1 atom stereocenters. The Morgan fingerprint density at radius 1 is 1.43 bits per heavy atom. The van der Waals surface area contributed by atoms with E-state index in [-0.39, 0.29) is 17.9 Å². The number of ether oxygens (including phenoxy) is 1. The summed E-state index contributed by atoms with van der Waals surface area (Å²) in [5, 5.41) is 18.6. The zero-order valence-electron chi connectivity index (χ0n) is 7.23. The highest BCUT2D eigenvalue weighted by Gasteiger charge is 2.33. The predicted octanol–water partition coefficient (Wildman–Crippen LogP) is 0.268. The van der Waals surface area contributed by atoms with Crippen LogP contribution >= 0.6 is 0 Å². The van der Waals surface area contributed by atoms with Crippen molar-refractivity contribution in [3.05, 3.63) is 23.3 Å². The molecule has 0 spiro atoms. The van der Waals surface area contributed by atoms with E-state index < -0.39 is 17.8 Å². The number of phenols is 2. The molecule has 0 radical (unpaired) electrons. The van der Waals surface area contributed by atoms with Crippen LogP contribution in [0.25, 0.3) is 0 Å². The monoisotopic (exact) mass is 195 g/mol. The van der Waals surface area contributed by atoms with E-state index in [1.165, 1.54) is 12.1 Å². The molecule has 1 aromatic rings. The number of carbonyl (C=O) groups excluding carboxylic acids is 1. The van der Waals surface area contributed by atoms with E-state index in [0.717, 1.165) is 0 Å². The van der Waals surface area contributed by atoms with Gasteiger partial charge in [-0.1, -0.05) is 6.07 Å². The summed E-state index contributed by atoms with van der Waals surface area (Å²) >= 11 is 0. The van der Waals surface area contributed by atoms with Gasteiger partial charge in [-0.3, -0.25) is 0 Å². The molecule has 1 heterocycles. The minimum atomic E-state index is -0.649. The number of esters is 1. The molecule has 0 aromatic heterocycles. The lowest BCUT2D eigenvalue weighted by Crippen LogP contribution is -2.11. The Hall–Kier alpha value is -1.75. The molecule has 0 fully saturated rings. The topological polar surface area (TPSA) is 92.8 Å². The first-order valence-corrected chi connectivity index (χ1v) is 4.11. The van der Waals surface area contributed by atoms with Crippen LogP contribution in [0.15, 0.2) is 12.1 Å². The fourth-order valence-electron chi connectivity index (χ4n) is 1.51. The van der Waals surface area contributed by atoms with Crippen molar-refractivity contribution < 1.29 is 19.7 Å². The Bertz CT molecular complexity index is 402. The van der Waals surface area contributed by atoms with Crippen LogP contribution in [0.2, 0.25) is 0 Å². The lowest BCUT2D eigenvalue weighted by molar-refractivity contribution is 0.0401. The van der Waals surface area contributed by atoms with Gasteiger partial charge >= 0.3 is 5.97 Å². The normalized spacial score (nSPS) is 19.2. The molecule has 1 unspecified atom stereocenters. The highest BCUT2D eigenvalue weighted by molar-refractivity contribution is 5.97. The van der Waals surface area contributed by atoms with E-state index in [2.05, 4.69) is 0 Å². The molecule has 74 valence electrons. The third-order valence-corrected chi connectivity index (χ3v) is 2.20. The summed E-state index contributed by atoms with van der Waals surface area (Å²) in [7, 11) is 0. The average Bonchev–Trinajstić information content (AvgIpc) is 2.49. The standard InChI is InChI=1S/C9H9NO4/c10-3-6-4-1-2-5(11)8(12)7(4)9(13)14-6/h1-2,6,11-12H,3,10H2. The van der Waals surface area contributed by atoms with Crippen molar-refractivity contribution in [2.75, 3.05) is 6.54 Å². The molecule has 0 saturated carbocycles. The Morgan fingerprint density at radius 2 is 2.14 bits per heavy atom. The van der Waals surface area contributed by atoms with Gasteiger partial charge in [0.1, 0.15) is 11.7 Å². The molecule has 0 amide bonds. The number of nitrogens with two attached hydrogens (primary N) is 1. The Morgan fingerprint density at radius 3 is 2.79 bits per heavy atom. The van der Waals surface area contributed by atoms with E-state index in [0.29, 0.717) is 5.56 Å². The van der Waals surface area contributed by atoms with Gasteiger partial charge in [0.05, 0.1) is 0 Å². The van der Waals surface area contributed by atoms with Gasteiger partial charge in [-0.25, -0.2) is 4.79 Å². The molecule has 1 aliphatic rings. The second-order valence-electron chi connectivity index (χ2n) is 3.03. The van der Waals surface area contributed by atoms with Crippen LogP contribution in [0.5, 0.6) is 11.5 Å². The molecular formula is C9H9NO4. The fourth-order valence-corrected chi connectivity index (χ4v) is 1.51. The fraction of sp³-hybridized carbons (Fsp3) is 0.222. The van der Waals surface area contributed by atoms with Crippen LogP contribution < -0.4 is 5.73 Å². The van der Waals surface area contributed by atoms with Crippen molar-refractivity contribution >= 4 is 5.97 Å². The van der Waals surface area contributed by atoms with Crippen LogP contribution in [0.4, 0.5) is 0 Å². The maximum Gasteiger partial charge on any atom is 0.343 e.